The number of benzene rings is 2. The lowest BCUT2D eigenvalue weighted by Gasteiger charge is -2.34. The van der Waals surface area contributed by atoms with Gasteiger partial charge in [-0.05, 0) is 54.6 Å². The quantitative estimate of drug-likeness (QED) is 0.408. The molecule has 1 fully saturated rings. The minimum absolute atomic E-state index is 0.0484. The van der Waals surface area contributed by atoms with Crippen LogP contribution in [0.3, 0.4) is 0 Å². The Morgan fingerprint density at radius 3 is 2.38 bits per heavy atom. The van der Waals surface area contributed by atoms with Crippen LogP contribution in [0.15, 0.2) is 79.0 Å². The monoisotopic (exact) mass is 483 g/mol. The molecule has 0 unspecified atom stereocenters. The minimum Gasteiger partial charge on any atom is -0.371 e. The van der Waals surface area contributed by atoms with Crippen LogP contribution in [0.25, 0.3) is 4.91 Å². The molecule has 3 aromatic rings. The molecule has 5 nitrogen and oxygen atoms in total. The van der Waals surface area contributed by atoms with E-state index in [4.69, 9.17) is 0 Å². The summed E-state index contributed by atoms with van der Waals surface area (Å²) in [7, 11) is 0. The number of aromatic nitrogens is 3. The van der Waals surface area contributed by atoms with E-state index in [1.165, 1.54) is 28.4 Å². The second-order valence-electron chi connectivity index (χ2n) is 8.32. The Morgan fingerprint density at radius 2 is 1.71 bits per heavy atom. The van der Waals surface area contributed by atoms with Crippen LogP contribution in [0.4, 0.5) is 18.9 Å². The molecule has 0 aliphatic carbocycles. The van der Waals surface area contributed by atoms with Gasteiger partial charge in [0.15, 0.2) is 0 Å². The summed E-state index contributed by atoms with van der Waals surface area (Å²) < 4.78 is 46.0. The number of nitrogens with zero attached hydrogens (tertiary/aromatic N) is 5. The number of hydrogen-bond donors (Lipinski definition) is 0. The summed E-state index contributed by atoms with van der Waals surface area (Å²) in [5.74, 6) is -0.386. The summed E-state index contributed by atoms with van der Waals surface area (Å²) in [6.07, 6.45) is 5.78. The van der Waals surface area contributed by atoms with Crippen LogP contribution in [0, 0.1) is 5.82 Å². The number of allylic oxidation sites excluding steroid dienone is 3. The van der Waals surface area contributed by atoms with Crippen LogP contribution in [0.5, 0.6) is 0 Å². The molecule has 0 saturated carbocycles. The third-order valence-electron chi connectivity index (χ3n) is 6.22. The standard InChI is InChI=1S/C25H24F3N5S/c26-22-14-21(31-12-10-20(11-13-31)32-16-29-30-17-32)7-6-19(22)15-33-23(25(27)28)8-9-24(34-33)18-4-2-1-3-5-18/h1-9,14,16-17,20,25H,10-13,15H2. The van der Waals surface area contributed by atoms with Crippen molar-refractivity contribution >= 4 is 22.5 Å². The predicted molar refractivity (Wildman–Crippen MR) is 129 cm³/mol. The smallest absolute Gasteiger partial charge is 0.278 e. The lowest BCUT2D eigenvalue weighted by atomic mass is 10.0. The van der Waals surface area contributed by atoms with E-state index in [1.807, 2.05) is 41.0 Å². The number of rotatable bonds is 6. The molecule has 3 heterocycles. The van der Waals surface area contributed by atoms with Gasteiger partial charge in [0.25, 0.3) is 6.43 Å². The molecule has 176 valence electrons. The maximum atomic E-state index is 15.1. The molecule has 1 saturated heterocycles. The first-order chi connectivity index (χ1) is 16.6. The highest BCUT2D eigenvalue weighted by Crippen LogP contribution is 2.40. The van der Waals surface area contributed by atoms with Crippen LogP contribution < -0.4 is 4.90 Å². The molecule has 0 atom stereocenters. The molecular formula is C25H24F3N5S. The van der Waals surface area contributed by atoms with Gasteiger partial charge in [-0.1, -0.05) is 36.4 Å². The van der Waals surface area contributed by atoms with E-state index in [0.29, 0.717) is 11.6 Å². The van der Waals surface area contributed by atoms with E-state index in [9.17, 15) is 8.78 Å². The predicted octanol–water partition coefficient (Wildman–Crippen LogP) is 5.91. The van der Waals surface area contributed by atoms with Crippen molar-refractivity contribution in [2.24, 2.45) is 0 Å². The van der Waals surface area contributed by atoms with Gasteiger partial charge in [0.05, 0.1) is 12.2 Å². The molecule has 5 rings (SSSR count). The third-order valence-corrected chi connectivity index (χ3v) is 7.35. The van der Waals surface area contributed by atoms with Gasteiger partial charge in [0.1, 0.15) is 18.5 Å². The average Bonchev–Trinajstić information content (AvgIpc) is 3.41. The molecule has 0 radical (unpaired) electrons. The zero-order valence-electron chi connectivity index (χ0n) is 18.4. The Labute approximate surface area is 200 Å². The second-order valence-corrected chi connectivity index (χ2v) is 9.38. The molecule has 2 aliphatic rings. The highest BCUT2D eigenvalue weighted by atomic mass is 32.2. The summed E-state index contributed by atoms with van der Waals surface area (Å²) in [4.78, 5) is 3.00. The lowest BCUT2D eigenvalue weighted by Crippen LogP contribution is -2.34. The van der Waals surface area contributed by atoms with Crippen molar-refractivity contribution in [2.75, 3.05) is 18.0 Å². The van der Waals surface area contributed by atoms with E-state index >= 15 is 4.39 Å². The molecule has 1 aromatic heterocycles. The molecule has 0 bridgehead atoms. The van der Waals surface area contributed by atoms with Gasteiger partial charge >= 0.3 is 0 Å². The van der Waals surface area contributed by atoms with Crippen molar-refractivity contribution in [3.05, 3.63) is 96.0 Å². The van der Waals surface area contributed by atoms with Gasteiger partial charge in [-0.2, -0.15) is 0 Å². The first-order valence-corrected chi connectivity index (χ1v) is 11.9. The fourth-order valence-electron chi connectivity index (χ4n) is 4.34. The Balaban J connectivity index is 1.28. The first kappa shape index (κ1) is 22.6. The van der Waals surface area contributed by atoms with E-state index in [-0.39, 0.29) is 18.1 Å². The molecule has 2 aliphatic heterocycles. The highest BCUT2D eigenvalue weighted by molar-refractivity contribution is 8.06. The molecular weight excluding hydrogens is 459 g/mol. The summed E-state index contributed by atoms with van der Waals surface area (Å²) in [6.45, 7) is 1.65. The Kier molecular flexibility index (Phi) is 6.62. The number of piperidine rings is 1. The molecule has 0 amide bonds. The van der Waals surface area contributed by atoms with Crippen molar-refractivity contribution in [1.82, 2.24) is 19.1 Å². The number of anilines is 1. The van der Waals surface area contributed by atoms with Gasteiger partial charge in [0.2, 0.25) is 0 Å². The third kappa shape index (κ3) is 4.84. The van der Waals surface area contributed by atoms with E-state index in [1.54, 1.807) is 24.8 Å². The van der Waals surface area contributed by atoms with Crippen molar-refractivity contribution < 1.29 is 13.2 Å². The number of hydrogen-bond acceptors (Lipinski definition) is 5. The maximum absolute atomic E-state index is 15.1. The van der Waals surface area contributed by atoms with Crippen LogP contribution >= 0.6 is 11.9 Å². The van der Waals surface area contributed by atoms with Gasteiger partial charge in [-0.25, -0.2) is 13.2 Å². The molecule has 0 spiro atoms. The van der Waals surface area contributed by atoms with Gasteiger partial charge in [0, 0.05) is 35.3 Å². The fraction of sp³-hybridized carbons (Fsp3) is 0.280. The largest absolute Gasteiger partial charge is 0.371 e. The average molecular weight is 484 g/mol. The van der Waals surface area contributed by atoms with Crippen LogP contribution in [0.2, 0.25) is 0 Å². The Bertz CT molecular complexity index is 1170. The first-order valence-electron chi connectivity index (χ1n) is 11.2. The van der Waals surface area contributed by atoms with E-state index < -0.39 is 6.43 Å². The minimum atomic E-state index is -2.64. The SMILES string of the molecule is Fc1cc(N2CCC(n3cnnc3)CC2)ccc1CN1SC(c2ccccc2)=CC=C1C(F)F. The van der Waals surface area contributed by atoms with Gasteiger partial charge < -0.3 is 13.8 Å². The van der Waals surface area contributed by atoms with E-state index in [0.717, 1.165) is 42.1 Å². The zero-order chi connectivity index (χ0) is 23.5. The molecule has 2 aromatic carbocycles. The highest BCUT2D eigenvalue weighted by Gasteiger charge is 2.26. The van der Waals surface area contributed by atoms with Crippen molar-refractivity contribution in [3.8, 4) is 0 Å². The number of halogens is 3. The zero-order valence-corrected chi connectivity index (χ0v) is 19.2. The summed E-state index contributed by atoms with van der Waals surface area (Å²) in [5, 5.41) is 7.74. The molecule has 0 N–H and O–H groups in total. The molecule has 9 heteroatoms. The van der Waals surface area contributed by atoms with Crippen molar-refractivity contribution in [2.45, 2.75) is 31.9 Å². The van der Waals surface area contributed by atoms with Crippen molar-refractivity contribution in [3.63, 3.8) is 0 Å². The Morgan fingerprint density at radius 1 is 0.971 bits per heavy atom. The summed E-state index contributed by atoms with van der Waals surface area (Å²) in [6, 6.07) is 15.0. The van der Waals surface area contributed by atoms with Crippen LogP contribution in [0.1, 0.15) is 30.0 Å². The lowest BCUT2D eigenvalue weighted by molar-refractivity contribution is 0.164. The topological polar surface area (TPSA) is 37.2 Å². The van der Waals surface area contributed by atoms with Crippen LogP contribution in [-0.2, 0) is 6.54 Å². The maximum Gasteiger partial charge on any atom is 0.278 e. The second kappa shape index (κ2) is 9.97. The normalized spacial score (nSPS) is 17.2. The summed E-state index contributed by atoms with van der Waals surface area (Å²) in [5.41, 5.74) is 2.01. The van der Waals surface area contributed by atoms with Crippen LogP contribution in [-0.4, -0.2) is 38.6 Å². The van der Waals surface area contributed by atoms with Crippen molar-refractivity contribution in [1.29, 1.82) is 0 Å². The van der Waals surface area contributed by atoms with E-state index in [2.05, 4.69) is 15.1 Å². The number of alkyl halides is 2. The fourth-order valence-corrected chi connectivity index (χ4v) is 5.40. The van der Waals surface area contributed by atoms with Gasteiger partial charge in [-0.15, -0.1) is 10.2 Å². The summed E-state index contributed by atoms with van der Waals surface area (Å²) >= 11 is 1.21. The van der Waals surface area contributed by atoms with Gasteiger partial charge in [-0.3, -0.25) is 0 Å². The molecule has 34 heavy (non-hydrogen) atoms. The Hall–Kier alpha value is -3.20.